The average Bonchev–Trinajstić information content (AvgIpc) is 2.98. The summed E-state index contributed by atoms with van der Waals surface area (Å²) in [5.74, 6) is 0.257. The van der Waals surface area contributed by atoms with Crippen molar-refractivity contribution in [1.29, 1.82) is 0 Å². The lowest BCUT2D eigenvalue weighted by Gasteiger charge is -2.43. The fourth-order valence-electron chi connectivity index (χ4n) is 5.85. The maximum atomic E-state index is 12.9. The summed E-state index contributed by atoms with van der Waals surface area (Å²) in [5, 5.41) is 8.72. The van der Waals surface area contributed by atoms with E-state index in [4.69, 9.17) is 19.3 Å². The van der Waals surface area contributed by atoms with E-state index in [9.17, 15) is 9.59 Å². The molecule has 2 atom stereocenters. The van der Waals surface area contributed by atoms with Crippen molar-refractivity contribution >= 4 is 17.6 Å². The predicted octanol–water partition coefficient (Wildman–Crippen LogP) is 3.52. The van der Waals surface area contributed by atoms with Crippen molar-refractivity contribution in [3.63, 3.8) is 0 Å². The first-order valence-electron chi connectivity index (χ1n) is 14.1. The minimum atomic E-state index is -1.04. The number of aliphatic carboxylic acids is 1. The normalized spacial score (nSPS) is 21.7. The second-order valence-corrected chi connectivity index (χ2v) is 10.5. The first kappa shape index (κ1) is 27.3. The molecule has 9 heteroatoms. The van der Waals surface area contributed by atoms with Gasteiger partial charge in [-0.25, -0.2) is 4.79 Å². The van der Waals surface area contributed by atoms with Crippen LogP contribution in [0.4, 0.5) is 5.69 Å². The number of anilines is 1. The fourth-order valence-corrected chi connectivity index (χ4v) is 5.85. The number of hydrogen-bond donors (Lipinski definition) is 1. The van der Waals surface area contributed by atoms with E-state index in [0.717, 1.165) is 50.6 Å². The van der Waals surface area contributed by atoms with E-state index in [0.29, 0.717) is 43.2 Å². The Labute approximate surface area is 230 Å². The summed E-state index contributed by atoms with van der Waals surface area (Å²) in [6.45, 7) is 6.04. The van der Waals surface area contributed by atoms with Gasteiger partial charge < -0.3 is 29.1 Å². The third kappa shape index (κ3) is 7.22. The number of benzene rings is 2. The molecule has 2 aromatic carbocycles. The molecule has 2 aliphatic heterocycles. The Morgan fingerprint density at radius 3 is 2.31 bits per heavy atom. The SMILES string of the molecule is O=C(O)COc1ccc(C(=O)N2CCN(c3ccc(OCCCN4CCOC5CCCCC54)cc3)CC2)cc1. The number of carbonyl (C=O) groups is 2. The molecule has 1 saturated carbocycles. The summed E-state index contributed by atoms with van der Waals surface area (Å²) in [4.78, 5) is 30.3. The van der Waals surface area contributed by atoms with Crippen molar-refractivity contribution < 1.29 is 28.9 Å². The van der Waals surface area contributed by atoms with Gasteiger partial charge in [0.2, 0.25) is 0 Å². The molecule has 2 heterocycles. The number of morpholine rings is 1. The molecular weight excluding hydrogens is 498 g/mol. The van der Waals surface area contributed by atoms with Gasteiger partial charge in [0.25, 0.3) is 5.91 Å². The van der Waals surface area contributed by atoms with Crippen LogP contribution in [0.3, 0.4) is 0 Å². The zero-order valence-corrected chi connectivity index (χ0v) is 22.5. The van der Waals surface area contributed by atoms with Gasteiger partial charge in [0.15, 0.2) is 6.61 Å². The standard InChI is InChI=1S/C30H39N3O6/c34-29(35)22-39-26-10-6-23(7-11-26)30(36)33-17-15-31(16-18-33)24-8-12-25(13-9-24)37-20-3-14-32-19-21-38-28-5-2-1-4-27(28)32/h6-13,27-28H,1-5,14-22H2,(H,34,35). The van der Waals surface area contributed by atoms with E-state index in [1.807, 2.05) is 17.0 Å². The third-order valence-corrected chi connectivity index (χ3v) is 7.94. The molecule has 3 fully saturated rings. The summed E-state index contributed by atoms with van der Waals surface area (Å²) in [6.07, 6.45) is 6.52. The number of nitrogens with zero attached hydrogens (tertiary/aromatic N) is 3. The maximum Gasteiger partial charge on any atom is 0.341 e. The highest BCUT2D eigenvalue weighted by Gasteiger charge is 2.33. The lowest BCUT2D eigenvalue weighted by Crippen LogP contribution is -2.52. The van der Waals surface area contributed by atoms with Gasteiger partial charge in [0, 0.05) is 56.6 Å². The fraction of sp³-hybridized carbons (Fsp3) is 0.533. The van der Waals surface area contributed by atoms with Gasteiger partial charge in [-0.15, -0.1) is 0 Å². The molecular formula is C30H39N3O6. The molecule has 9 nitrogen and oxygen atoms in total. The van der Waals surface area contributed by atoms with Gasteiger partial charge in [-0.1, -0.05) is 12.8 Å². The molecule has 1 aliphatic carbocycles. The van der Waals surface area contributed by atoms with E-state index >= 15 is 0 Å². The molecule has 2 aromatic rings. The molecule has 0 radical (unpaired) electrons. The molecule has 0 bridgehead atoms. The summed E-state index contributed by atoms with van der Waals surface area (Å²) < 4.78 is 17.2. The average molecular weight is 538 g/mol. The van der Waals surface area contributed by atoms with Crippen molar-refractivity contribution in [2.24, 2.45) is 0 Å². The van der Waals surface area contributed by atoms with E-state index in [2.05, 4.69) is 21.9 Å². The third-order valence-electron chi connectivity index (χ3n) is 7.94. The number of ether oxygens (including phenoxy) is 3. The van der Waals surface area contributed by atoms with E-state index in [-0.39, 0.29) is 5.91 Å². The number of carboxylic acid groups (broad SMARTS) is 1. The second kappa shape index (κ2) is 13.2. The lowest BCUT2D eigenvalue weighted by atomic mass is 9.90. The van der Waals surface area contributed by atoms with E-state index < -0.39 is 12.6 Å². The van der Waals surface area contributed by atoms with Gasteiger partial charge >= 0.3 is 5.97 Å². The van der Waals surface area contributed by atoms with Crippen LogP contribution in [-0.4, -0.2) is 98.0 Å². The van der Waals surface area contributed by atoms with Crippen LogP contribution < -0.4 is 14.4 Å². The Morgan fingerprint density at radius 1 is 0.872 bits per heavy atom. The Balaban J connectivity index is 1.03. The smallest absolute Gasteiger partial charge is 0.341 e. The molecule has 39 heavy (non-hydrogen) atoms. The Hall–Kier alpha value is -3.30. The first-order chi connectivity index (χ1) is 19.1. The van der Waals surface area contributed by atoms with Gasteiger partial charge in [-0.05, 0) is 67.8 Å². The van der Waals surface area contributed by atoms with Gasteiger partial charge in [-0.3, -0.25) is 9.69 Å². The van der Waals surface area contributed by atoms with Crippen LogP contribution in [0.5, 0.6) is 11.5 Å². The van der Waals surface area contributed by atoms with Crippen molar-refractivity contribution in [3.8, 4) is 11.5 Å². The first-order valence-corrected chi connectivity index (χ1v) is 14.1. The highest BCUT2D eigenvalue weighted by atomic mass is 16.5. The monoisotopic (exact) mass is 537 g/mol. The number of piperazine rings is 1. The second-order valence-electron chi connectivity index (χ2n) is 10.5. The van der Waals surface area contributed by atoms with Crippen LogP contribution in [0.1, 0.15) is 42.5 Å². The molecule has 1 amide bonds. The zero-order chi connectivity index (χ0) is 27.0. The number of fused-ring (bicyclic) bond motifs is 1. The molecule has 1 N–H and O–H groups in total. The molecule has 0 aromatic heterocycles. The topological polar surface area (TPSA) is 91.8 Å². The molecule has 210 valence electrons. The predicted molar refractivity (Wildman–Crippen MR) is 148 cm³/mol. The van der Waals surface area contributed by atoms with Crippen LogP contribution >= 0.6 is 0 Å². The Bertz CT molecular complexity index is 1080. The molecule has 5 rings (SSSR count). The van der Waals surface area contributed by atoms with Gasteiger partial charge in [0.05, 0.1) is 19.3 Å². The molecule has 2 saturated heterocycles. The van der Waals surface area contributed by atoms with Gasteiger partial charge in [-0.2, -0.15) is 0 Å². The largest absolute Gasteiger partial charge is 0.494 e. The molecule has 0 spiro atoms. The van der Waals surface area contributed by atoms with Crippen LogP contribution in [0, 0.1) is 0 Å². The zero-order valence-electron chi connectivity index (χ0n) is 22.5. The Morgan fingerprint density at radius 2 is 1.56 bits per heavy atom. The summed E-state index contributed by atoms with van der Waals surface area (Å²) in [7, 11) is 0. The van der Waals surface area contributed by atoms with Crippen LogP contribution in [0.15, 0.2) is 48.5 Å². The summed E-state index contributed by atoms with van der Waals surface area (Å²) in [5.41, 5.74) is 1.70. The van der Waals surface area contributed by atoms with Crippen LogP contribution in [0.2, 0.25) is 0 Å². The van der Waals surface area contributed by atoms with Crippen molar-refractivity contribution in [3.05, 3.63) is 54.1 Å². The number of carboxylic acids is 1. The van der Waals surface area contributed by atoms with E-state index in [1.54, 1.807) is 24.3 Å². The molecule has 3 aliphatic rings. The van der Waals surface area contributed by atoms with Crippen molar-refractivity contribution in [2.75, 3.05) is 64.0 Å². The van der Waals surface area contributed by atoms with E-state index in [1.165, 1.54) is 25.7 Å². The summed E-state index contributed by atoms with van der Waals surface area (Å²) in [6, 6.07) is 15.5. The van der Waals surface area contributed by atoms with Crippen molar-refractivity contribution in [1.82, 2.24) is 9.80 Å². The summed E-state index contributed by atoms with van der Waals surface area (Å²) >= 11 is 0. The Kier molecular flexibility index (Phi) is 9.21. The number of amides is 1. The van der Waals surface area contributed by atoms with Gasteiger partial charge in [0.1, 0.15) is 11.5 Å². The highest BCUT2D eigenvalue weighted by Crippen LogP contribution is 2.28. The van der Waals surface area contributed by atoms with Crippen LogP contribution in [-0.2, 0) is 9.53 Å². The van der Waals surface area contributed by atoms with Crippen LogP contribution in [0.25, 0.3) is 0 Å². The minimum absolute atomic E-state index is 0.0285. The number of hydrogen-bond acceptors (Lipinski definition) is 7. The number of rotatable bonds is 10. The van der Waals surface area contributed by atoms with Crippen molar-refractivity contribution in [2.45, 2.75) is 44.2 Å². The lowest BCUT2D eigenvalue weighted by molar-refractivity contribution is -0.139. The maximum absolute atomic E-state index is 12.9. The highest BCUT2D eigenvalue weighted by molar-refractivity contribution is 5.94. The molecule has 2 unspecified atom stereocenters. The quantitative estimate of drug-likeness (QED) is 0.461. The minimum Gasteiger partial charge on any atom is -0.494 e. The number of carbonyl (C=O) groups excluding carboxylic acids is 1.